The highest BCUT2D eigenvalue weighted by Crippen LogP contribution is 2.35. The van der Waals surface area contributed by atoms with Crippen molar-refractivity contribution < 1.29 is 38.0 Å². The predicted molar refractivity (Wildman–Crippen MR) is 208 cm³/mol. The molecule has 6 rings (SSSR count). The molecule has 0 aromatic heterocycles. The lowest BCUT2D eigenvalue weighted by atomic mass is 9.87. The minimum Gasteiger partial charge on any atom is -0.466 e. The van der Waals surface area contributed by atoms with E-state index in [0.29, 0.717) is 6.61 Å². The SMILES string of the molecule is COC(=O)/C=C/[C@@H]1[C@H](OCc2ccccc2)[C@@H](OCc2ccccc2)[C@@H](OCc2ccccc2)[C@@H](COCc2ccccc2)N1C(=O)OCc1ccccc1. The van der Waals surface area contributed by atoms with Crippen molar-refractivity contribution in [1.82, 2.24) is 4.90 Å². The first-order chi connectivity index (χ1) is 27.1. The van der Waals surface area contributed by atoms with E-state index in [1.165, 1.54) is 13.2 Å². The van der Waals surface area contributed by atoms with Crippen molar-refractivity contribution >= 4 is 12.1 Å². The van der Waals surface area contributed by atoms with Gasteiger partial charge in [0.2, 0.25) is 0 Å². The van der Waals surface area contributed by atoms with E-state index in [1.807, 2.05) is 152 Å². The van der Waals surface area contributed by atoms with Crippen LogP contribution >= 0.6 is 0 Å². The minimum absolute atomic E-state index is 0.0280. The highest BCUT2D eigenvalue weighted by molar-refractivity contribution is 5.82. The molecule has 1 heterocycles. The summed E-state index contributed by atoms with van der Waals surface area (Å²) in [5, 5.41) is 0. The molecule has 55 heavy (non-hydrogen) atoms. The molecular formula is C46H47NO8. The molecule has 9 nitrogen and oxygen atoms in total. The number of methoxy groups -OCH3 is 1. The van der Waals surface area contributed by atoms with Crippen molar-refractivity contribution in [3.63, 3.8) is 0 Å². The summed E-state index contributed by atoms with van der Waals surface area (Å²) in [7, 11) is 1.31. The fourth-order valence-electron chi connectivity index (χ4n) is 6.57. The monoisotopic (exact) mass is 741 g/mol. The number of nitrogens with zero attached hydrogens (tertiary/aromatic N) is 1. The summed E-state index contributed by atoms with van der Waals surface area (Å²) >= 11 is 0. The van der Waals surface area contributed by atoms with Crippen molar-refractivity contribution in [2.24, 2.45) is 0 Å². The summed E-state index contributed by atoms with van der Waals surface area (Å²) in [5.74, 6) is -0.583. The molecule has 0 N–H and O–H groups in total. The Balaban J connectivity index is 1.43. The van der Waals surface area contributed by atoms with Crippen molar-refractivity contribution in [2.75, 3.05) is 13.7 Å². The van der Waals surface area contributed by atoms with Crippen molar-refractivity contribution in [3.8, 4) is 0 Å². The topological polar surface area (TPSA) is 92.8 Å². The minimum atomic E-state index is -0.867. The van der Waals surface area contributed by atoms with Crippen LogP contribution in [0.15, 0.2) is 164 Å². The molecule has 5 aromatic carbocycles. The summed E-state index contributed by atoms with van der Waals surface area (Å²) in [4.78, 5) is 28.9. The van der Waals surface area contributed by atoms with Gasteiger partial charge in [0, 0.05) is 6.08 Å². The van der Waals surface area contributed by atoms with Crippen LogP contribution in [0.4, 0.5) is 4.79 Å². The number of carbonyl (C=O) groups is 2. The van der Waals surface area contributed by atoms with Gasteiger partial charge in [0.15, 0.2) is 0 Å². The van der Waals surface area contributed by atoms with Gasteiger partial charge >= 0.3 is 12.1 Å². The van der Waals surface area contributed by atoms with Gasteiger partial charge < -0.3 is 28.4 Å². The molecule has 9 heteroatoms. The zero-order valence-corrected chi connectivity index (χ0v) is 30.9. The zero-order valence-electron chi connectivity index (χ0n) is 30.9. The molecule has 1 aliphatic heterocycles. The average molecular weight is 742 g/mol. The molecule has 0 bridgehead atoms. The Morgan fingerprint density at radius 3 is 1.38 bits per heavy atom. The van der Waals surface area contributed by atoms with Crippen molar-refractivity contribution in [1.29, 1.82) is 0 Å². The van der Waals surface area contributed by atoms with Gasteiger partial charge in [-0.3, -0.25) is 4.90 Å². The molecule has 5 aromatic rings. The maximum absolute atomic E-state index is 14.6. The normalized spacial score (nSPS) is 19.6. The second-order valence-electron chi connectivity index (χ2n) is 13.2. The van der Waals surface area contributed by atoms with Crippen LogP contribution < -0.4 is 0 Å². The Bertz CT molecular complexity index is 1890. The van der Waals surface area contributed by atoms with Gasteiger partial charge in [-0.05, 0) is 27.8 Å². The Kier molecular flexibility index (Phi) is 14.8. The lowest BCUT2D eigenvalue weighted by Crippen LogP contribution is -2.69. The maximum atomic E-state index is 14.6. The third kappa shape index (κ3) is 11.5. The molecule has 284 valence electrons. The number of rotatable bonds is 17. The maximum Gasteiger partial charge on any atom is 0.411 e. The molecule has 1 amide bonds. The van der Waals surface area contributed by atoms with Crippen LogP contribution in [0.1, 0.15) is 27.8 Å². The Labute approximate surface area is 323 Å². The average Bonchev–Trinajstić information content (AvgIpc) is 3.24. The zero-order chi connectivity index (χ0) is 38.1. The second kappa shape index (κ2) is 20.8. The van der Waals surface area contributed by atoms with E-state index in [2.05, 4.69) is 0 Å². The van der Waals surface area contributed by atoms with Crippen LogP contribution in [0, 0.1) is 0 Å². The third-order valence-corrected chi connectivity index (χ3v) is 9.34. The first-order valence-corrected chi connectivity index (χ1v) is 18.4. The van der Waals surface area contributed by atoms with E-state index in [1.54, 1.807) is 11.0 Å². The Morgan fingerprint density at radius 2 is 0.927 bits per heavy atom. The second-order valence-corrected chi connectivity index (χ2v) is 13.2. The van der Waals surface area contributed by atoms with Crippen LogP contribution in [0.2, 0.25) is 0 Å². The molecule has 0 aliphatic carbocycles. The van der Waals surface area contributed by atoms with Gasteiger partial charge in [-0.1, -0.05) is 158 Å². The number of carbonyl (C=O) groups excluding carboxylic acids is 2. The predicted octanol–water partition coefficient (Wildman–Crippen LogP) is 8.08. The van der Waals surface area contributed by atoms with E-state index < -0.39 is 42.5 Å². The lowest BCUT2D eigenvalue weighted by Gasteiger charge is -2.51. The molecule has 5 atom stereocenters. The van der Waals surface area contributed by atoms with Gasteiger partial charge in [0.25, 0.3) is 0 Å². The van der Waals surface area contributed by atoms with Crippen LogP contribution in [0.5, 0.6) is 0 Å². The van der Waals surface area contributed by atoms with E-state index >= 15 is 0 Å². The number of piperidine rings is 1. The van der Waals surface area contributed by atoms with E-state index in [9.17, 15) is 9.59 Å². The Morgan fingerprint density at radius 1 is 0.527 bits per heavy atom. The molecule has 1 aliphatic rings. The van der Waals surface area contributed by atoms with Crippen LogP contribution in [-0.4, -0.2) is 61.1 Å². The fraction of sp³-hybridized carbons (Fsp3) is 0.261. The summed E-state index contributed by atoms with van der Waals surface area (Å²) < 4.78 is 38.0. The van der Waals surface area contributed by atoms with Crippen molar-refractivity contribution in [3.05, 3.63) is 192 Å². The van der Waals surface area contributed by atoms with Gasteiger partial charge in [0.1, 0.15) is 24.9 Å². The van der Waals surface area contributed by atoms with Crippen molar-refractivity contribution in [2.45, 2.75) is 63.4 Å². The summed E-state index contributed by atoms with van der Waals surface area (Å²) in [6, 6.07) is 47.1. The molecular weight excluding hydrogens is 695 g/mol. The van der Waals surface area contributed by atoms with E-state index in [-0.39, 0.29) is 33.0 Å². The molecule has 0 unspecified atom stereocenters. The number of hydrogen-bond acceptors (Lipinski definition) is 8. The largest absolute Gasteiger partial charge is 0.466 e. The van der Waals surface area contributed by atoms with Gasteiger partial charge in [-0.15, -0.1) is 0 Å². The van der Waals surface area contributed by atoms with Gasteiger partial charge in [0.05, 0.1) is 52.2 Å². The highest BCUT2D eigenvalue weighted by Gasteiger charge is 2.53. The summed E-state index contributed by atoms with van der Waals surface area (Å²) in [6.07, 6.45) is -0.0413. The fourth-order valence-corrected chi connectivity index (χ4v) is 6.57. The Hall–Kier alpha value is -5.58. The molecule has 0 radical (unpaired) electrons. The molecule has 0 saturated carbocycles. The lowest BCUT2D eigenvalue weighted by molar-refractivity contribution is -0.216. The molecule has 1 saturated heterocycles. The van der Waals surface area contributed by atoms with Gasteiger partial charge in [-0.25, -0.2) is 9.59 Å². The first-order valence-electron chi connectivity index (χ1n) is 18.4. The number of hydrogen-bond donors (Lipinski definition) is 0. The van der Waals surface area contributed by atoms with E-state index in [0.717, 1.165) is 27.8 Å². The number of ether oxygens (including phenoxy) is 6. The number of likely N-dealkylation sites (tertiary alicyclic amines) is 1. The third-order valence-electron chi connectivity index (χ3n) is 9.34. The van der Waals surface area contributed by atoms with Crippen LogP contribution in [-0.2, 0) is 66.3 Å². The molecule has 1 fully saturated rings. The first kappa shape index (κ1) is 39.1. The molecule has 0 spiro atoms. The standard InChI is InChI=1S/C46H47NO8/c1-50-42(48)28-27-40-43(52-30-36-19-9-3-10-20-36)45(54-32-38-23-13-5-14-24-38)44(53-31-37-21-11-4-12-22-37)41(34-51-29-35-17-7-2-8-18-35)47(40)46(49)55-33-39-25-15-6-16-26-39/h2-28,40-41,43-45H,29-34H2,1H3/b28-27+/t40-,41-,43+,44+,45-/m1/s1. The quantitative estimate of drug-likeness (QED) is 0.0698. The summed E-state index contributed by atoms with van der Waals surface area (Å²) in [5.41, 5.74) is 4.62. The van der Waals surface area contributed by atoms with Gasteiger partial charge in [-0.2, -0.15) is 0 Å². The van der Waals surface area contributed by atoms with Crippen LogP contribution in [0.25, 0.3) is 0 Å². The van der Waals surface area contributed by atoms with Crippen LogP contribution in [0.3, 0.4) is 0 Å². The number of esters is 1. The number of amides is 1. The number of benzene rings is 5. The summed E-state index contributed by atoms with van der Waals surface area (Å²) in [6.45, 7) is 1.06. The smallest absolute Gasteiger partial charge is 0.411 e. The van der Waals surface area contributed by atoms with E-state index in [4.69, 9.17) is 28.4 Å². The highest BCUT2D eigenvalue weighted by atomic mass is 16.6.